The average Bonchev–Trinajstić information content (AvgIpc) is 3.21. The molecule has 9 heteroatoms. The number of benzene rings is 2. The van der Waals surface area contributed by atoms with Gasteiger partial charge in [-0.15, -0.1) is 25.6 Å². The molecule has 3 amide bonds. The summed E-state index contributed by atoms with van der Waals surface area (Å²) in [6.45, 7) is 9.95. The van der Waals surface area contributed by atoms with Crippen LogP contribution in [0.25, 0.3) is 0 Å². The highest BCUT2D eigenvalue weighted by molar-refractivity contribution is 5.94. The van der Waals surface area contributed by atoms with Gasteiger partial charge in [-0.05, 0) is 37.9 Å². The molecule has 2 saturated heterocycles. The summed E-state index contributed by atoms with van der Waals surface area (Å²) in [6, 6.07) is 17.0. The van der Waals surface area contributed by atoms with Gasteiger partial charge in [0.05, 0.1) is 18.7 Å². The number of carbonyl (C=O) groups excluding carboxylic acids is 3. The molecule has 2 aliphatic heterocycles. The fourth-order valence-corrected chi connectivity index (χ4v) is 5.94. The molecule has 220 valence electrons. The van der Waals surface area contributed by atoms with Crippen molar-refractivity contribution in [3.05, 3.63) is 97.1 Å². The summed E-state index contributed by atoms with van der Waals surface area (Å²) >= 11 is 0. The van der Waals surface area contributed by atoms with E-state index in [9.17, 15) is 14.4 Å². The van der Waals surface area contributed by atoms with Gasteiger partial charge in [-0.25, -0.2) is 0 Å². The summed E-state index contributed by atoms with van der Waals surface area (Å²) in [5.74, 6) is -0.877. The number of nitrogens with one attached hydrogen (secondary N) is 3. The maximum Gasteiger partial charge on any atom is 0.247 e. The van der Waals surface area contributed by atoms with Crippen molar-refractivity contribution in [3.63, 3.8) is 0 Å². The van der Waals surface area contributed by atoms with E-state index in [1.54, 1.807) is 31.0 Å². The highest BCUT2D eigenvalue weighted by Gasteiger charge is 2.58. The highest BCUT2D eigenvalue weighted by Crippen LogP contribution is 2.48. The minimum absolute atomic E-state index is 0. The molecule has 2 aliphatic rings. The minimum Gasteiger partial charge on any atom is -0.358 e. The molecule has 0 bridgehead atoms. The molecule has 0 radical (unpaired) electrons. The van der Waals surface area contributed by atoms with E-state index >= 15 is 0 Å². The fourth-order valence-electron chi connectivity index (χ4n) is 5.94. The van der Waals surface area contributed by atoms with Crippen LogP contribution >= 0.6 is 12.4 Å². The van der Waals surface area contributed by atoms with Crippen LogP contribution in [0.15, 0.2) is 86.0 Å². The first-order chi connectivity index (χ1) is 19.3. The first-order valence-electron chi connectivity index (χ1n) is 13.9. The Labute approximate surface area is 249 Å². The molecule has 4 rings (SSSR count). The number of hydrogen-bond acceptors (Lipinski definition) is 5. The third-order valence-electron chi connectivity index (χ3n) is 8.06. The van der Waals surface area contributed by atoms with E-state index in [4.69, 9.17) is 4.74 Å². The van der Waals surface area contributed by atoms with Gasteiger partial charge < -0.3 is 25.6 Å². The van der Waals surface area contributed by atoms with Crippen molar-refractivity contribution in [1.29, 1.82) is 0 Å². The Morgan fingerprint density at radius 3 is 2.12 bits per heavy atom. The molecule has 0 spiro atoms. The lowest BCUT2D eigenvalue weighted by Crippen LogP contribution is -2.59. The first kappa shape index (κ1) is 32.1. The van der Waals surface area contributed by atoms with Gasteiger partial charge >= 0.3 is 0 Å². The van der Waals surface area contributed by atoms with E-state index in [-0.39, 0.29) is 36.7 Å². The van der Waals surface area contributed by atoms with E-state index in [2.05, 4.69) is 29.1 Å². The normalized spacial score (nSPS) is 22.1. The van der Waals surface area contributed by atoms with E-state index in [1.165, 1.54) is 0 Å². The van der Waals surface area contributed by atoms with Gasteiger partial charge in [0.15, 0.2) is 0 Å². The molecule has 2 aromatic rings. The molecule has 4 atom stereocenters. The standard InChI is InChI=1S/C32H40N4O4.ClH/c1-5-18-32(19-6-2)21-26-36(31(39)25(17-20-40-26)34-29(37)22(3)33-4)28(32)30(38)35-27(23-13-9-7-10-14-23)24-15-11-8-12-16-24;/h5-16,22,25-28,33H,1-2,17-21H2,3-4H3,(H,34,37)(H,35,38);1H/t22?,25-,26?,28?;/m0./s1. The number of amides is 3. The van der Waals surface area contributed by atoms with Crippen LogP contribution in [0.5, 0.6) is 0 Å². The Bertz CT molecular complexity index is 1160. The van der Waals surface area contributed by atoms with Crippen LogP contribution in [0.1, 0.15) is 49.8 Å². The summed E-state index contributed by atoms with van der Waals surface area (Å²) in [5.41, 5.74) is 1.20. The second kappa shape index (κ2) is 14.4. The van der Waals surface area contributed by atoms with Gasteiger partial charge in [0, 0.05) is 18.3 Å². The third kappa shape index (κ3) is 6.89. The summed E-state index contributed by atoms with van der Waals surface area (Å²) in [6.07, 6.45) is 4.77. The van der Waals surface area contributed by atoms with Crippen molar-refractivity contribution in [2.75, 3.05) is 13.7 Å². The van der Waals surface area contributed by atoms with Gasteiger partial charge in [0.1, 0.15) is 18.3 Å². The zero-order valence-corrected chi connectivity index (χ0v) is 24.6. The number of nitrogens with zero attached hydrogens (tertiary/aromatic N) is 1. The Balaban J connectivity index is 0.00000462. The Morgan fingerprint density at radius 2 is 1.61 bits per heavy atom. The van der Waals surface area contributed by atoms with Gasteiger partial charge in [-0.3, -0.25) is 14.4 Å². The molecule has 3 unspecified atom stereocenters. The van der Waals surface area contributed by atoms with Crippen LogP contribution in [0.2, 0.25) is 0 Å². The molecule has 3 N–H and O–H groups in total. The van der Waals surface area contributed by atoms with Crippen LogP contribution in [0.3, 0.4) is 0 Å². The van der Waals surface area contributed by atoms with Crippen molar-refractivity contribution in [3.8, 4) is 0 Å². The van der Waals surface area contributed by atoms with Gasteiger partial charge in [-0.1, -0.05) is 72.8 Å². The summed E-state index contributed by atoms with van der Waals surface area (Å²) < 4.78 is 6.19. The Kier molecular flexibility index (Phi) is 11.3. The second-order valence-corrected chi connectivity index (χ2v) is 10.6. The van der Waals surface area contributed by atoms with Crippen molar-refractivity contribution in [2.24, 2.45) is 5.41 Å². The first-order valence-corrected chi connectivity index (χ1v) is 13.9. The second-order valence-electron chi connectivity index (χ2n) is 10.6. The topological polar surface area (TPSA) is 99.8 Å². The molecule has 8 nitrogen and oxygen atoms in total. The summed E-state index contributed by atoms with van der Waals surface area (Å²) in [7, 11) is 1.69. The zero-order valence-electron chi connectivity index (χ0n) is 23.8. The van der Waals surface area contributed by atoms with Crippen LogP contribution in [-0.4, -0.2) is 60.6 Å². The van der Waals surface area contributed by atoms with Crippen molar-refractivity contribution in [2.45, 2.75) is 63.0 Å². The maximum atomic E-state index is 14.4. The largest absolute Gasteiger partial charge is 0.358 e. The molecular formula is C32H41ClN4O4. The number of allylic oxidation sites excluding steroid dienone is 2. The number of rotatable bonds is 11. The zero-order chi connectivity index (χ0) is 28.7. The molecular weight excluding hydrogens is 540 g/mol. The third-order valence-corrected chi connectivity index (χ3v) is 8.06. The molecule has 2 heterocycles. The number of hydrogen-bond donors (Lipinski definition) is 3. The maximum absolute atomic E-state index is 14.4. The Hall–Kier alpha value is -3.46. The monoisotopic (exact) mass is 580 g/mol. The highest BCUT2D eigenvalue weighted by atomic mass is 35.5. The average molecular weight is 581 g/mol. The van der Waals surface area contributed by atoms with Crippen LogP contribution in [0.4, 0.5) is 0 Å². The number of carbonyl (C=O) groups is 3. The summed E-state index contributed by atoms with van der Waals surface area (Å²) in [5, 5.41) is 9.04. The van der Waals surface area contributed by atoms with E-state index < -0.39 is 35.8 Å². The number of ether oxygens (including phenoxy) is 1. The number of fused-ring (bicyclic) bond motifs is 1. The Morgan fingerprint density at radius 1 is 1.05 bits per heavy atom. The molecule has 0 aliphatic carbocycles. The molecule has 2 fully saturated rings. The minimum atomic E-state index is -0.852. The van der Waals surface area contributed by atoms with Gasteiger partial charge in [-0.2, -0.15) is 0 Å². The number of halogens is 1. The smallest absolute Gasteiger partial charge is 0.247 e. The molecule has 2 aromatic carbocycles. The van der Waals surface area contributed by atoms with Crippen LogP contribution in [-0.2, 0) is 19.1 Å². The lowest BCUT2D eigenvalue weighted by atomic mass is 9.73. The van der Waals surface area contributed by atoms with Crippen molar-refractivity contribution >= 4 is 30.1 Å². The van der Waals surface area contributed by atoms with Crippen molar-refractivity contribution < 1.29 is 19.1 Å². The fraction of sp³-hybridized carbons (Fsp3) is 0.406. The molecule has 0 aromatic heterocycles. The predicted octanol–water partition coefficient (Wildman–Crippen LogP) is 3.89. The molecule has 0 saturated carbocycles. The van der Waals surface area contributed by atoms with Crippen LogP contribution < -0.4 is 16.0 Å². The summed E-state index contributed by atoms with van der Waals surface area (Å²) in [4.78, 5) is 42.8. The quantitative estimate of drug-likeness (QED) is 0.350. The van der Waals surface area contributed by atoms with Crippen molar-refractivity contribution in [1.82, 2.24) is 20.9 Å². The SMILES string of the molecule is C=CCC1(CC=C)CC2OCC[C@H](NC(=O)C(C)NC)C(=O)N2C1C(=O)NC(c1ccccc1)c1ccccc1.Cl. The number of likely N-dealkylation sites (N-methyl/N-ethyl adjacent to an activating group) is 1. The predicted molar refractivity (Wildman–Crippen MR) is 162 cm³/mol. The lowest BCUT2D eigenvalue weighted by molar-refractivity contribution is -0.150. The van der Waals surface area contributed by atoms with E-state index in [1.807, 2.05) is 60.7 Å². The van der Waals surface area contributed by atoms with Crippen LogP contribution in [0, 0.1) is 5.41 Å². The van der Waals surface area contributed by atoms with E-state index in [0.717, 1.165) is 11.1 Å². The van der Waals surface area contributed by atoms with Gasteiger partial charge in [0.25, 0.3) is 0 Å². The molecule has 41 heavy (non-hydrogen) atoms. The van der Waals surface area contributed by atoms with Gasteiger partial charge in [0.2, 0.25) is 17.7 Å². The lowest BCUT2D eigenvalue weighted by Gasteiger charge is -2.37. The van der Waals surface area contributed by atoms with E-state index in [0.29, 0.717) is 25.7 Å².